The van der Waals surface area contributed by atoms with Gasteiger partial charge >= 0.3 is 5.69 Å². The first-order valence-electron chi connectivity index (χ1n) is 8.32. The van der Waals surface area contributed by atoms with Gasteiger partial charge in [-0.3, -0.25) is 13.9 Å². The second-order valence-electron chi connectivity index (χ2n) is 6.38. The molecule has 2 aromatic heterocycles. The Balaban J connectivity index is 2.23. The molecule has 2 heterocycles. The van der Waals surface area contributed by atoms with Crippen LogP contribution in [0, 0.1) is 0 Å². The Bertz CT molecular complexity index is 1300. The average molecular weight is 381 g/mol. The van der Waals surface area contributed by atoms with Gasteiger partial charge < -0.3 is 10.3 Å². The van der Waals surface area contributed by atoms with Crippen LogP contribution in [0.1, 0.15) is 0 Å². The van der Waals surface area contributed by atoms with Crippen molar-refractivity contribution in [2.24, 2.45) is 14.1 Å². The standard InChI is InChI=1S/C20H17ClN4O2/c1-23-16-11-25(15-6-4-3-5-14(15)22)18(12-7-9-13(21)10-8-12)17(16)19(26)24(2)20(23)27/h3-11H,22H2,1-2H3. The van der Waals surface area contributed by atoms with Crippen LogP contribution in [-0.4, -0.2) is 13.7 Å². The zero-order valence-electron chi connectivity index (χ0n) is 14.8. The van der Waals surface area contributed by atoms with E-state index in [1.807, 2.05) is 34.9 Å². The minimum atomic E-state index is -0.381. The van der Waals surface area contributed by atoms with Gasteiger partial charge in [-0.05, 0) is 29.8 Å². The maximum Gasteiger partial charge on any atom is 0.330 e. The topological polar surface area (TPSA) is 75.0 Å². The molecule has 0 unspecified atom stereocenters. The van der Waals surface area contributed by atoms with E-state index in [1.54, 1.807) is 31.4 Å². The first-order chi connectivity index (χ1) is 12.9. The molecule has 0 aliphatic heterocycles. The Hall–Kier alpha value is -3.25. The van der Waals surface area contributed by atoms with Crippen molar-refractivity contribution in [3.8, 4) is 16.9 Å². The number of para-hydroxylation sites is 2. The molecule has 0 radical (unpaired) electrons. The van der Waals surface area contributed by atoms with Gasteiger partial charge in [0.1, 0.15) is 0 Å². The largest absolute Gasteiger partial charge is 0.397 e. The normalized spacial score (nSPS) is 11.2. The highest BCUT2D eigenvalue weighted by atomic mass is 35.5. The second kappa shape index (κ2) is 6.17. The van der Waals surface area contributed by atoms with Crippen molar-refractivity contribution in [1.82, 2.24) is 13.7 Å². The molecule has 0 fully saturated rings. The monoisotopic (exact) mass is 380 g/mol. The van der Waals surface area contributed by atoms with Gasteiger partial charge in [-0.25, -0.2) is 4.79 Å². The van der Waals surface area contributed by atoms with E-state index in [9.17, 15) is 9.59 Å². The molecule has 0 aliphatic rings. The number of anilines is 1. The van der Waals surface area contributed by atoms with E-state index in [0.717, 1.165) is 15.8 Å². The molecule has 0 aliphatic carbocycles. The lowest BCUT2D eigenvalue weighted by molar-refractivity contribution is 0.714. The number of hydrogen-bond acceptors (Lipinski definition) is 3. The minimum absolute atomic E-state index is 0.355. The van der Waals surface area contributed by atoms with Crippen LogP contribution in [0.2, 0.25) is 5.02 Å². The van der Waals surface area contributed by atoms with Gasteiger partial charge in [-0.1, -0.05) is 35.9 Å². The summed E-state index contributed by atoms with van der Waals surface area (Å²) in [5.74, 6) is 0. The molecular weight excluding hydrogens is 364 g/mol. The number of aryl methyl sites for hydroxylation is 1. The predicted octanol–water partition coefficient (Wildman–Crippen LogP) is 2.93. The number of benzene rings is 2. The van der Waals surface area contributed by atoms with Crippen molar-refractivity contribution in [1.29, 1.82) is 0 Å². The van der Waals surface area contributed by atoms with E-state index < -0.39 is 0 Å². The van der Waals surface area contributed by atoms with Crippen molar-refractivity contribution in [3.05, 3.63) is 80.6 Å². The van der Waals surface area contributed by atoms with Crippen molar-refractivity contribution in [2.75, 3.05) is 5.73 Å². The van der Waals surface area contributed by atoms with Crippen LogP contribution in [0.25, 0.3) is 27.8 Å². The predicted molar refractivity (Wildman–Crippen MR) is 109 cm³/mol. The SMILES string of the molecule is Cn1c(=O)c2c(-c3ccc(Cl)cc3)n(-c3ccccc3N)cc2n(C)c1=O. The van der Waals surface area contributed by atoms with E-state index in [1.165, 1.54) is 11.6 Å². The summed E-state index contributed by atoms with van der Waals surface area (Å²) in [7, 11) is 3.12. The summed E-state index contributed by atoms with van der Waals surface area (Å²) < 4.78 is 4.43. The fourth-order valence-electron chi connectivity index (χ4n) is 3.33. The molecule has 4 rings (SSSR count). The van der Waals surface area contributed by atoms with E-state index in [4.69, 9.17) is 17.3 Å². The zero-order valence-corrected chi connectivity index (χ0v) is 15.6. The first-order valence-corrected chi connectivity index (χ1v) is 8.70. The van der Waals surface area contributed by atoms with Crippen molar-refractivity contribution in [3.63, 3.8) is 0 Å². The summed E-state index contributed by atoms with van der Waals surface area (Å²) in [6.45, 7) is 0. The highest BCUT2D eigenvalue weighted by Crippen LogP contribution is 2.33. The van der Waals surface area contributed by atoms with Crippen molar-refractivity contribution in [2.45, 2.75) is 0 Å². The third-order valence-electron chi connectivity index (χ3n) is 4.75. The molecule has 27 heavy (non-hydrogen) atoms. The molecule has 136 valence electrons. The van der Waals surface area contributed by atoms with E-state index >= 15 is 0 Å². The number of hydrogen-bond donors (Lipinski definition) is 1. The number of halogens is 1. The highest BCUT2D eigenvalue weighted by molar-refractivity contribution is 6.30. The van der Waals surface area contributed by atoms with E-state index in [0.29, 0.717) is 27.3 Å². The van der Waals surface area contributed by atoms with Crippen LogP contribution in [0.3, 0.4) is 0 Å². The molecule has 0 saturated carbocycles. The lowest BCUT2D eigenvalue weighted by Crippen LogP contribution is -2.36. The molecule has 0 amide bonds. The Kier molecular flexibility index (Phi) is 3.93. The lowest BCUT2D eigenvalue weighted by Gasteiger charge is -2.12. The smallest absolute Gasteiger partial charge is 0.330 e. The molecule has 2 N–H and O–H groups in total. The van der Waals surface area contributed by atoms with E-state index in [-0.39, 0.29) is 11.2 Å². The van der Waals surface area contributed by atoms with Gasteiger partial charge in [0, 0.05) is 25.3 Å². The van der Waals surface area contributed by atoms with Crippen LogP contribution >= 0.6 is 11.6 Å². The molecule has 2 aromatic carbocycles. The summed E-state index contributed by atoms with van der Waals surface area (Å²) in [5, 5.41) is 1.05. The quantitative estimate of drug-likeness (QED) is 0.543. The maximum absolute atomic E-state index is 13.0. The molecular formula is C20H17ClN4O2. The van der Waals surface area contributed by atoms with Gasteiger partial charge in [0.25, 0.3) is 5.56 Å². The Morgan fingerprint density at radius 2 is 1.59 bits per heavy atom. The number of aromatic nitrogens is 3. The lowest BCUT2D eigenvalue weighted by atomic mass is 10.1. The summed E-state index contributed by atoms with van der Waals surface area (Å²) in [4.78, 5) is 25.4. The number of rotatable bonds is 2. The van der Waals surface area contributed by atoms with Crippen molar-refractivity contribution >= 4 is 28.2 Å². The summed E-state index contributed by atoms with van der Waals surface area (Å²) >= 11 is 6.04. The van der Waals surface area contributed by atoms with Crippen LogP contribution in [-0.2, 0) is 14.1 Å². The number of fused-ring (bicyclic) bond motifs is 1. The summed E-state index contributed by atoms with van der Waals surface area (Å²) in [5.41, 5.74) is 8.75. The maximum atomic E-state index is 13.0. The fourth-order valence-corrected chi connectivity index (χ4v) is 3.45. The van der Waals surface area contributed by atoms with Gasteiger partial charge in [0.05, 0.1) is 28.0 Å². The Labute approximate surface area is 159 Å². The van der Waals surface area contributed by atoms with E-state index in [2.05, 4.69) is 0 Å². The third kappa shape index (κ3) is 2.57. The molecule has 0 atom stereocenters. The molecule has 7 heteroatoms. The first kappa shape index (κ1) is 17.2. The van der Waals surface area contributed by atoms with Gasteiger partial charge in [-0.2, -0.15) is 0 Å². The highest BCUT2D eigenvalue weighted by Gasteiger charge is 2.20. The van der Waals surface area contributed by atoms with Crippen LogP contribution in [0.15, 0.2) is 64.3 Å². The molecule has 0 spiro atoms. The number of nitrogens with two attached hydrogens (primary N) is 1. The van der Waals surface area contributed by atoms with Crippen molar-refractivity contribution < 1.29 is 0 Å². The molecule has 0 saturated heterocycles. The average Bonchev–Trinajstić information content (AvgIpc) is 3.06. The zero-order chi connectivity index (χ0) is 19.3. The van der Waals surface area contributed by atoms with Gasteiger partial charge in [0.15, 0.2) is 0 Å². The number of nitrogens with zero attached hydrogens (tertiary/aromatic N) is 3. The second-order valence-corrected chi connectivity index (χ2v) is 6.82. The fraction of sp³-hybridized carbons (Fsp3) is 0.100. The van der Waals surface area contributed by atoms with Crippen LogP contribution < -0.4 is 17.0 Å². The van der Waals surface area contributed by atoms with Crippen LogP contribution in [0.4, 0.5) is 5.69 Å². The molecule has 4 aromatic rings. The Morgan fingerprint density at radius 3 is 2.26 bits per heavy atom. The third-order valence-corrected chi connectivity index (χ3v) is 5.00. The minimum Gasteiger partial charge on any atom is -0.397 e. The van der Waals surface area contributed by atoms with Crippen LogP contribution in [0.5, 0.6) is 0 Å². The summed E-state index contributed by atoms with van der Waals surface area (Å²) in [6.07, 6.45) is 1.77. The van der Waals surface area contributed by atoms with Gasteiger partial charge in [0.2, 0.25) is 0 Å². The number of nitrogen functional groups attached to an aromatic ring is 1. The summed E-state index contributed by atoms with van der Waals surface area (Å²) in [6, 6.07) is 14.6. The van der Waals surface area contributed by atoms with Gasteiger partial charge in [-0.15, -0.1) is 0 Å². The Morgan fingerprint density at radius 1 is 0.926 bits per heavy atom. The molecule has 6 nitrogen and oxygen atoms in total. The molecule has 0 bridgehead atoms.